The summed E-state index contributed by atoms with van der Waals surface area (Å²) >= 11 is 1.75. The van der Waals surface area contributed by atoms with Gasteiger partial charge in [-0.1, -0.05) is 43.8 Å². The molecular weight excluding hydrogens is 290 g/mol. The van der Waals surface area contributed by atoms with E-state index in [4.69, 9.17) is 0 Å². The van der Waals surface area contributed by atoms with Crippen LogP contribution in [0, 0.1) is 5.92 Å². The summed E-state index contributed by atoms with van der Waals surface area (Å²) in [7, 11) is 0. The van der Waals surface area contributed by atoms with Gasteiger partial charge in [0.25, 0.3) is 0 Å². The van der Waals surface area contributed by atoms with E-state index in [9.17, 15) is 0 Å². The van der Waals surface area contributed by atoms with Crippen LogP contribution in [0.25, 0.3) is 0 Å². The van der Waals surface area contributed by atoms with E-state index in [0.29, 0.717) is 5.92 Å². The molecule has 0 aliphatic heterocycles. The fourth-order valence-electron chi connectivity index (χ4n) is 2.62. The van der Waals surface area contributed by atoms with Crippen molar-refractivity contribution in [2.24, 2.45) is 5.92 Å². The molecule has 1 atom stereocenters. The summed E-state index contributed by atoms with van der Waals surface area (Å²) in [6.45, 7) is 4.45. The number of rotatable bonds is 5. The van der Waals surface area contributed by atoms with Gasteiger partial charge in [-0.05, 0) is 29.7 Å². The Morgan fingerprint density at radius 3 is 2.55 bits per heavy atom. The first kappa shape index (κ1) is 14.9. The predicted octanol–water partition coefficient (Wildman–Crippen LogP) is 4.74. The highest BCUT2D eigenvalue weighted by Gasteiger charge is 2.23. The maximum absolute atomic E-state index is 4.48. The number of nitrogens with zero attached hydrogens (tertiary/aromatic N) is 2. The van der Waals surface area contributed by atoms with Gasteiger partial charge in [-0.15, -0.1) is 0 Å². The molecule has 4 heteroatoms. The van der Waals surface area contributed by atoms with Gasteiger partial charge in [0.2, 0.25) is 0 Å². The number of H-pyrrole nitrogens is 1. The highest BCUT2D eigenvalue weighted by Crippen LogP contribution is 2.38. The standard InChI is InChI=1S/C18H19N3S/c1-13(2)17(18-20-10-11-21-18)15-8-9-19-12-16(15)22-14-6-4-3-5-7-14/h3-13,17H,1-2H3,(H,20,21). The van der Waals surface area contributed by atoms with Crippen molar-refractivity contribution in [3.05, 3.63) is 72.6 Å². The molecular formula is C18H19N3S. The molecule has 0 amide bonds. The minimum absolute atomic E-state index is 0.240. The van der Waals surface area contributed by atoms with Crippen LogP contribution < -0.4 is 0 Å². The SMILES string of the molecule is CC(C)C(c1ncc[nH]1)c1ccncc1Sc1ccccc1. The third-order valence-corrected chi connectivity index (χ3v) is 4.67. The monoisotopic (exact) mass is 309 g/mol. The molecule has 0 saturated heterocycles. The summed E-state index contributed by atoms with van der Waals surface area (Å²) in [4.78, 5) is 14.5. The maximum Gasteiger partial charge on any atom is 0.113 e. The Kier molecular flexibility index (Phi) is 4.59. The second-order valence-electron chi connectivity index (χ2n) is 5.52. The van der Waals surface area contributed by atoms with Crippen molar-refractivity contribution in [2.45, 2.75) is 29.6 Å². The van der Waals surface area contributed by atoms with Crippen LogP contribution in [0.2, 0.25) is 0 Å². The van der Waals surface area contributed by atoms with Crippen LogP contribution in [-0.2, 0) is 0 Å². The number of hydrogen-bond acceptors (Lipinski definition) is 3. The lowest BCUT2D eigenvalue weighted by Crippen LogP contribution is -2.11. The Bertz CT molecular complexity index is 708. The van der Waals surface area contributed by atoms with Gasteiger partial charge in [0, 0.05) is 40.5 Å². The Morgan fingerprint density at radius 2 is 1.86 bits per heavy atom. The molecule has 0 aliphatic carbocycles. The molecule has 3 rings (SSSR count). The summed E-state index contributed by atoms with van der Waals surface area (Å²) in [5.41, 5.74) is 1.27. The summed E-state index contributed by atoms with van der Waals surface area (Å²) in [5.74, 6) is 1.70. The molecule has 2 heterocycles. The molecule has 0 spiro atoms. The van der Waals surface area contributed by atoms with E-state index in [1.54, 1.807) is 11.8 Å². The van der Waals surface area contributed by atoms with E-state index in [1.165, 1.54) is 15.4 Å². The minimum atomic E-state index is 0.240. The van der Waals surface area contributed by atoms with Gasteiger partial charge in [-0.25, -0.2) is 4.98 Å². The van der Waals surface area contributed by atoms with Crippen molar-refractivity contribution in [3.8, 4) is 0 Å². The zero-order valence-electron chi connectivity index (χ0n) is 12.7. The average Bonchev–Trinajstić information content (AvgIpc) is 3.04. The van der Waals surface area contributed by atoms with Crippen LogP contribution in [0.3, 0.4) is 0 Å². The normalized spacial score (nSPS) is 12.5. The number of aromatic amines is 1. The van der Waals surface area contributed by atoms with E-state index in [-0.39, 0.29) is 5.92 Å². The number of nitrogens with one attached hydrogen (secondary N) is 1. The van der Waals surface area contributed by atoms with Crippen molar-refractivity contribution in [1.82, 2.24) is 15.0 Å². The van der Waals surface area contributed by atoms with Crippen molar-refractivity contribution in [3.63, 3.8) is 0 Å². The lowest BCUT2D eigenvalue weighted by atomic mass is 9.88. The molecule has 0 bridgehead atoms. The summed E-state index contributed by atoms with van der Waals surface area (Å²) < 4.78 is 0. The Morgan fingerprint density at radius 1 is 1.05 bits per heavy atom. The Hall–Kier alpha value is -2.07. The van der Waals surface area contributed by atoms with Crippen LogP contribution in [-0.4, -0.2) is 15.0 Å². The summed E-state index contributed by atoms with van der Waals surface area (Å²) in [5, 5.41) is 0. The molecule has 1 N–H and O–H groups in total. The Balaban J connectivity index is 1.99. The van der Waals surface area contributed by atoms with Crippen molar-refractivity contribution >= 4 is 11.8 Å². The van der Waals surface area contributed by atoms with Crippen molar-refractivity contribution in [2.75, 3.05) is 0 Å². The lowest BCUT2D eigenvalue weighted by Gasteiger charge is -2.21. The predicted molar refractivity (Wildman–Crippen MR) is 90.1 cm³/mol. The first-order chi connectivity index (χ1) is 10.8. The third kappa shape index (κ3) is 3.22. The van der Waals surface area contributed by atoms with Gasteiger partial charge in [0.1, 0.15) is 5.82 Å². The van der Waals surface area contributed by atoms with Crippen LogP contribution in [0.15, 0.2) is 71.0 Å². The molecule has 3 aromatic rings. The van der Waals surface area contributed by atoms with Crippen LogP contribution in [0.4, 0.5) is 0 Å². The highest BCUT2D eigenvalue weighted by molar-refractivity contribution is 7.99. The van der Waals surface area contributed by atoms with Crippen LogP contribution in [0.5, 0.6) is 0 Å². The largest absolute Gasteiger partial charge is 0.348 e. The van der Waals surface area contributed by atoms with E-state index in [2.05, 4.69) is 59.1 Å². The van der Waals surface area contributed by atoms with Gasteiger partial charge in [-0.2, -0.15) is 0 Å². The lowest BCUT2D eigenvalue weighted by molar-refractivity contribution is 0.535. The van der Waals surface area contributed by atoms with Crippen molar-refractivity contribution in [1.29, 1.82) is 0 Å². The maximum atomic E-state index is 4.48. The smallest absolute Gasteiger partial charge is 0.113 e. The molecule has 3 nitrogen and oxygen atoms in total. The second-order valence-corrected chi connectivity index (χ2v) is 6.64. The van der Waals surface area contributed by atoms with E-state index >= 15 is 0 Å². The summed E-state index contributed by atoms with van der Waals surface area (Å²) in [6, 6.07) is 12.5. The quantitative estimate of drug-likeness (QED) is 0.740. The molecule has 0 fully saturated rings. The molecule has 0 radical (unpaired) electrons. The zero-order valence-corrected chi connectivity index (χ0v) is 13.5. The third-order valence-electron chi connectivity index (χ3n) is 3.60. The van der Waals surface area contributed by atoms with Crippen LogP contribution in [0.1, 0.15) is 31.2 Å². The molecule has 2 aromatic heterocycles. The topological polar surface area (TPSA) is 41.6 Å². The fourth-order valence-corrected chi connectivity index (χ4v) is 3.59. The van der Waals surface area contributed by atoms with Gasteiger partial charge >= 0.3 is 0 Å². The zero-order chi connectivity index (χ0) is 15.4. The number of aromatic nitrogens is 3. The molecule has 22 heavy (non-hydrogen) atoms. The van der Waals surface area contributed by atoms with Gasteiger partial charge in [0.15, 0.2) is 0 Å². The number of pyridine rings is 1. The average molecular weight is 309 g/mol. The van der Waals surface area contributed by atoms with Crippen molar-refractivity contribution < 1.29 is 0 Å². The number of benzene rings is 1. The molecule has 0 saturated carbocycles. The molecule has 1 aromatic carbocycles. The summed E-state index contributed by atoms with van der Waals surface area (Å²) in [6.07, 6.45) is 7.51. The Labute approximate surface area is 135 Å². The van der Waals surface area contributed by atoms with Gasteiger partial charge < -0.3 is 4.98 Å². The first-order valence-electron chi connectivity index (χ1n) is 7.42. The second kappa shape index (κ2) is 6.79. The first-order valence-corrected chi connectivity index (χ1v) is 8.23. The van der Waals surface area contributed by atoms with Gasteiger partial charge in [0.05, 0.1) is 0 Å². The highest BCUT2D eigenvalue weighted by atomic mass is 32.2. The van der Waals surface area contributed by atoms with E-state index < -0.39 is 0 Å². The van der Waals surface area contributed by atoms with E-state index in [1.807, 2.05) is 30.9 Å². The molecule has 0 aliphatic rings. The number of imidazole rings is 1. The van der Waals surface area contributed by atoms with Crippen LogP contribution >= 0.6 is 11.8 Å². The number of hydrogen-bond donors (Lipinski definition) is 1. The minimum Gasteiger partial charge on any atom is -0.348 e. The molecule has 1 unspecified atom stereocenters. The fraction of sp³-hybridized carbons (Fsp3) is 0.222. The van der Waals surface area contributed by atoms with Gasteiger partial charge in [-0.3, -0.25) is 4.98 Å². The van der Waals surface area contributed by atoms with E-state index in [0.717, 1.165) is 5.82 Å². The molecule has 112 valence electrons.